The van der Waals surface area contributed by atoms with E-state index < -0.39 is 0 Å². The lowest BCUT2D eigenvalue weighted by Gasteiger charge is -2.25. The largest absolute Gasteiger partial charge is 0.339 e. The minimum absolute atomic E-state index is 0.376. The van der Waals surface area contributed by atoms with Crippen molar-refractivity contribution in [3.63, 3.8) is 0 Å². The molecule has 116 valence electrons. The Kier molecular flexibility index (Phi) is 4.29. The summed E-state index contributed by atoms with van der Waals surface area (Å²) >= 11 is 0. The third-order valence-electron chi connectivity index (χ3n) is 4.93. The summed E-state index contributed by atoms with van der Waals surface area (Å²) in [5.74, 6) is 0.858. The van der Waals surface area contributed by atoms with Crippen LogP contribution in [0.1, 0.15) is 37.8 Å². The number of hydrogen-bond acceptors (Lipinski definition) is 3. The van der Waals surface area contributed by atoms with E-state index in [0.29, 0.717) is 17.9 Å². The lowest BCUT2D eigenvalue weighted by atomic mass is 10.1. The smallest absolute Gasteiger partial charge is 0.223 e. The first kappa shape index (κ1) is 14.6. The van der Waals surface area contributed by atoms with Crippen LogP contribution in [0.25, 0.3) is 0 Å². The van der Waals surface area contributed by atoms with E-state index >= 15 is 0 Å². The Labute approximate surface area is 126 Å². The maximum atomic E-state index is 12.2. The molecule has 1 atom stereocenters. The maximum absolute atomic E-state index is 12.2. The van der Waals surface area contributed by atoms with Crippen LogP contribution in [0.15, 0.2) is 12.3 Å². The standard InChI is InChI=1S/C16H26N4O/c1-18(12-15-7-8-17-19(15)2)10-13-9-16(21)20(11-13)14-5-3-4-6-14/h7-8,13-14H,3-6,9-12H2,1-2H3/t13-/m0/s1. The van der Waals surface area contributed by atoms with Gasteiger partial charge in [0, 0.05) is 45.3 Å². The van der Waals surface area contributed by atoms with Crippen molar-refractivity contribution in [2.75, 3.05) is 20.1 Å². The summed E-state index contributed by atoms with van der Waals surface area (Å²) in [4.78, 5) is 16.7. The van der Waals surface area contributed by atoms with E-state index in [1.807, 2.05) is 17.9 Å². The van der Waals surface area contributed by atoms with Crippen LogP contribution < -0.4 is 0 Å². The van der Waals surface area contributed by atoms with Gasteiger partial charge in [-0.3, -0.25) is 9.48 Å². The van der Waals surface area contributed by atoms with Crippen molar-refractivity contribution < 1.29 is 4.79 Å². The molecule has 2 heterocycles. The zero-order chi connectivity index (χ0) is 14.8. The molecule has 1 aromatic heterocycles. The lowest BCUT2D eigenvalue weighted by Crippen LogP contribution is -2.35. The Morgan fingerprint density at radius 1 is 1.38 bits per heavy atom. The number of likely N-dealkylation sites (tertiary alicyclic amines) is 1. The fraction of sp³-hybridized carbons (Fsp3) is 0.750. The zero-order valence-corrected chi connectivity index (χ0v) is 13.2. The lowest BCUT2D eigenvalue weighted by molar-refractivity contribution is -0.129. The molecule has 0 bridgehead atoms. The van der Waals surface area contributed by atoms with Gasteiger partial charge in [-0.25, -0.2) is 0 Å². The van der Waals surface area contributed by atoms with Gasteiger partial charge in [-0.2, -0.15) is 5.10 Å². The predicted octanol–water partition coefficient (Wildman–Crippen LogP) is 1.64. The second-order valence-corrected chi connectivity index (χ2v) is 6.70. The van der Waals surface area contributed by atoms with Crippen molar-refractivity contribution >= 4 is 5.91 Å². The molecular weight excluding hydrogens is 264 g/mol. The van der Waals surface area contributed by atoms with Gasteiger partial charge in [0.25, 0.3) is 0 Å². The first-order valence-corrected chi connectivity index (χ1v) is 8.08. The van der Waals surface area contributed by atoms with Crippen molar-refractivity contribution in [3.05, 3.63) is 18.0 Å². The predicted molar refractivity (Wildman–Crippen MR) is 81.6 cm³/mol. The first-order chi connectivity index (χ1) is 10.1. The van der Waals surface area contributed by atoms with Crippen LogP contribution in [0.2, 0.25) is 0 Å². The Morgan fingerprint density at radius 3 is 2.81 bits per heavy atom. The quantitative estimate of drug-likeness (QED) is 0.828. The van der Waals surface area contributed by atoms with Gasteiger partial charge in [0.2, 0.25) is 5.91 Å². The SMILES string of the molecule is CN(Cc1ccnn1C)C[C@@H]1CC(=O)N(C2CCCC2)C1. The van der Waals surface area contributed by atoms with Crippen molar-refractivity contribution in [3.8, 4) is 0 Å². The van der Waals surface area contributed by atoms with Crippen LogP contribution in [0.4, 0.5) is 0 Å². The van der Waals surface area contributed by atoms with E-state index in [1.54, 1.807) is 0 Å². The molecular formula is C16H26N4O. The van der Waals surface area contributed by atoms with Crippen molar-refractivity contribution in [2.45, 2.75) is 44.7 Å². The molecule has 1 aliphatic heterocycles. The molecule has 2 fully saturated rings. The molecule has 0 aromatic carbocycles. The number of aryl methyl sites for hydroxylation is 1. The molecule has 21 heavy (non-hydrogen) atoms. The van der Waals surface area contributed by atoms with E-state index in [0.717, 1.165) is 26.1 Å². The molecule has 1 aromatic rings. The highest BCUT2D eigenvalue weighted by Crippen LogP contribution is 2.29. The molecule has 0 spiro atoms. The Hall–Kier alpha value is -1.36. The molecule has 0 N–H and O–H groups in total. The van der Waals surface area contributed by atoms with Gasteiger partial charge in [-0.05, 0) is 31.9 Å². The van der Waals surface area contributed by atoms with Crippen molar-refractivity contribution in [1.29, 1.82) is 0 Å². The molecule has 1 aliphatic carbocycles. The summed E-state index contributed by atoms with van der Waals surface area (Å²) in [5.41, 5.74) is 1.22. The van der Waals surface area contributed by atoms with Crippen LogP contribution in [-0.4, -0.2) is 51.7 Å². The van der Waals surface area contributed by atoms with Gasteiger partial charge >= 0.3 is 0 Å². The molecule has 1 saturated carbocycles. The van der Waals surface area contributed by atoms with E-state index in [9.17, 15) is 4.79 Å². The fourth-order valence-corrected chi connectivity index (χ4v) is 3.84. The van der Waals surface area contributed by atoms with Gasteiger partial charge in [0.15, 0.2) is 0 Å². The highest BCUT2D eigenvalue weighted by atomic mass is 16.2. The van der Waals surface area contributed by atoms with Gasteiger partial charge in [-0.1, -0.05) is 12.8 Å². The molecule has 3 rings (SSSR count). The monoisotopic (exact) mass is 290 g/mol. The molecule has 0 radical (unpaired) electrons. The van der Waals surface area contributed by atoms with Crippen LogP contribution in [0, 0.1) is 5.92 Å². The number of rotatable bonds is 5. The average molecular weight is 290 g/mol. The zero-order valence-electron chi connectivity index (χ0n) is 13.2. The van der Waals surface area contributed by atoms with Gasteiger partial charge in [0.05, 0.1) is 5.69 Å². The highest BCUT2D eigenvalue weighted by Gasteiger charge is 2.35. The Morgan fingerprint density at radius 2 is 2.14 bits per heavy atom. The average Bonchev–Trinajstić information content (AvgIpc) is 3.13. The van der Waals surface area contributed by atoms with Crippen LogP contribution in [0.5, 0.6) is 0 Å². The van der Waals surface area contributed by atoms with Gasteiger partial charge in [-0.15, -0.1) is 0 Å². The third-order valence-corrected chi connectivity index (χ3v) is 4.93. The molecule has 1 saturated heterocycles. The molecule has 5 nitrogen and oxygen atoms in total. The summed E-state index contributed by atoms with van der Waals surface area (Å²) in [6, 6.07) is 2.59. The fourth-order valence-electron chi connectivity index (χ4n) is 3.84. The summed E-state index contributed by atoms with van der Waals surface area (Å²) in [7, 11) is 4.11. The Balaban J connectivity index is 1.51. The second kappa shape index (κ2) is 6.18. The van der Waals surface area contributed by atoms with Gasteiger partial charge < -0.3 is 9.80 Å². The number of carbonyl (C=O) groups excluding carboxylic acids is 1. The number of nitrogens with zero attached hydrogens (tertiary/aromatic N) is 4. The number of hydrogen-bond donors (Lipinski definition) is 0. The van der Waals surface area contributed by atoms with E-state index in [-0.39, 0.29) is 0 Å². The summed E-state index contributed by atoms with van der Waals surface area (Å²) in [6.45, 7) is 2.84. The normalized spacial score (nSPS) is 23.7. The van der Waals surface area contributed by atoms with Gasteiger partial charge in [0.1, 0.15) is 0 Å². The van der Waals surface area contributed by atoms with Crippen LogP contribution >= 0.6 is 0 Å². The molecule has 5 heteroatoms. The van der Waals surface area contributed by atoms with Crippen molar-refractivity contribution in [1.82, 2.24) is 19.6 Å². The minimum Gasteiger partial charge on any atom is -0.339 e. The van der Waals surface area contributed by atoms with E-state index in [1.165, 1.54) is 31.4 Å². The van der Waals surface area contributed by atoms with Crippen LogP contribution in [-0.2, 0) is 18.4 Å². The molecule has 2 aliphatic rings. The maximum Gasteiger partial charge on any atom is 0.223 e. The first-order valence-electron chi connectivity index (χ1n) is 8.08. The Bertz CT molecular complexity index is 492. The van der Waals surface area contributed by atoms with Crippen LogP contribution in [0.3, 0.4) is 0 Å². The number of amides is 1. The number of aromatic nitrogens is 2. The van der Waals surface area contributed by atoms with E-state index in [2.05, 4.69) is 28.0 Å². The summed E-state index contributed by atoms with van der Waals surface area (Å²) < 4.78 is 1.92. The molecule has 1 amide bonds. The minimum atomic E-state index is 0.376. The summed E-state index contributed by atoms with van der Waals surface area (Å²) in [5, 5.41) is 4.21. The number of carbonyl (C=O) groups is 1. The van der Waals surface area contributed by atoms with Crippen molar-refractivity contribution in [2.24, 2.45) is 13.0 Å². The third kappa shape index (κ3) is 3.28. The topological polar surface area (TPSA) is 41.4 Å². The highest BCUT2D eigenvalue weighted by molar-refractivity contribution is 5.79. The van der Waals surface area contributed by atoms with E-state index in [4.69, 9.17) is 0 Å². The second-order valence-electron chi connectivity index (χ2n) is 6.70. The summed E-state index contributed by atoms with van der Waals surface area (Å²) in [6.07, 6.45) is 7.57. The molecule has 0 unspecified atom stereocenters.